The molecular weight excluding hydrogens is 180 g/mol. The van der Waals surface area contributed by atoms with Gasteiger partial charge in [0.1, 0.15) is 0 Å². The molecule has 1 aliphatic heterocycles. The number of hydrogen-bond donors (Lipinski definition) is 2. The third kappa shape index (κ3) is 2.35. The molecule has 5 heteroatoms. The molecule has 0 aliphatic carbocycles. The molecule has 1 atom stereocenters. The monoisotopic (exact) mass is 194 g/mol. The zero-order chi connectivity index (χ0) is 8.48. The quantitative estimate of drug-likeness (QED) is 0.634. The molecule has 1 aliphatic rings. The molecule has 0 saturated carbocycles. The Morgan fingerprint density at radius 2 is 2.27 bits per heavy atom. The second kappa shape index (κ2) is 3.33. The third-order valence-corrected chi connectivity index (χ3v) is 3.75. The lowest BCUT2D eigenvalue weighted by Crippen LogP contribution is -2.54. The number of likely N-dealkylation sites (tertiary alicyclic amines) is 1. The normalized spacial score (nSPS) is 26.0. The highest BCUT2D eigenvalue weighted by Gasteiger charge is 2.31. The molecule has 0 aromatic rings. The maximum atomic E-state index is 11.1. The first-order valence-electron chi connectivity index (χ1n) is 3.60. The van der Waals surface area contributed by atoms with Crippen LogP contribution in [0.5, 0.6) is 0 Å². The van der Waals surface area contributed by atoms with Crippen LogP contribution in [0.25, 0.3) is 0 Å². The average Bonchev–Trinajstić information content (AvgIpc) is 1.74. The lowest BCUT2D eigenvalue weighted by Gasteiger charge is -2.38. The molecule has 1 N–H and O–H groups in total. The number of thiol groups is 1. The van der Waals surface area contributed by atoms with E-state index in [0.717, 1.165) is 25.4 Å². The van der Waals surface area contributed by atoms with E-state index in [4.69, 9.17) is 4.78 Å². The fourth-order valence-electron chi connectivity index (χ4n) is 1.13. The summed E-state index contributed by atoms with van der Waals surface area (Å²) in [6, 6.07) is 0. The van der Waals surface area contributed by atoms with Crippen LogP contribution in [0.4, 0.5) is 0 Å². The van der Waals surface area contributed by atoms with Gasteiger partial charge in [-0.15, -0.1) is 0 Å². The molecular formula is C6H14N2OS2. The van der Waals surface area contributed by atoms with Crippen molar-refractivity contribution in [3.63, 3.8) is 0 Å². The van der Waals surface area contributed by atoms with Gasteiger partial charge < -0.3 is 0 Å². The van der Waals surface area contributed by atoms with E-state index in [0.29, 0.717) is 0 Å². The van der Waals surface area contributed by atoms with E-state index in [9.17, 15) is 4.21 Å². The molecule has 3 nitrogen and oxygen atoms in total. The van der Waals surface area contributed by atoms with Crippen LogP contribution in [-0.2, 0) is 9.73 Å². The molecule has 1 unspecified atom stereocenters. The molecule has 0 amide bonds. The van der Waals surface area contributed by atoms with Gasteiger partial charge in [0, 0.05) is 41.4 Å². The first-order chi connectivity index (χ1) is 5.04. The lowest BCUT2D eigenvalue weighted by atomic mass is 10.2. The van der Waals surface area contributed by atoms with Gasteiger partial charge in [0.25, 0.3) is 0 Å². The summed E-state index contributed by atoms with van der Waals surface area (Å²) in [5, 5.41) is 0.0994. The lowest BCUT2D eigenvalue weighted by molar-refractivity contribution is 0.200. The minimum Gasteiger partial charge on any atom is -0.300 e. The van der Waals surface area contributed by atoms with Gasteiger partial charge in [0.15, 0.2) is 0 Å². The Hall–Kier alpha value is 0.260. The van der Waals surface area contributed by atoms with E-state index in [1.54, 1.807) is 0 Å². The highest BCUT2D eigenvalue weighted by Crippen LogP contribution is 2.15. The van der Waals surface area contributed by atoms with Crippen molar-refractivity contribution in [1.82, 2.24) is 4.90 Å². The zero-order valence-electron chi connectivity index (χ0n) is 6.62. The molecule has 0 radical (unpaired) electrons. The van der Waals surface area contributed by atoms with Gasteiger partial charge in [-0.1, -0.05) is 0 Å². The molecule has 0 bridgehead atoms. The van der Waals surface area contributed by atoms with Crippen LogP contribution >= 0.6 is 12.6 Å². The molecule has 66 valence electrons. The topological polar surface area (TPSA) is 44.2 Å². The highest BCUT2D eigenvalue weighted by atomic mass is 32.2. The summed E-state index contributed by atoms with van der Waals surface area (Å²) in [6.45, 7) is 2.59. The Kier molecular flexibility index (Phi) is 2.83. The van der Waals surface area contributed by atoms with E-state index in [1.165, 1.54) is 6.26 Å². The summed E-state index contributed by atoms with van der Waals surface area (Å²) >= 11 is 4.09. The number of nitrogens with zero attached hydrogens (tertiary/aromatic N) is 1. The predicted molar refractivity (Wildman–Crippen MR) is 50.9 cm³/mol. The predicted octanol–water partition coefficient (Wildman–Crippen LogP) is 0.277. The largest absolute Gasteiger partial charge is 0.300 e. The number of nitrogens with one attached hydrogen (secondary N) is 1. The minimum absolute atomic E-state index is 0.0994. The van der Waals surface area contributed by atoms with Gasteiger partial charge >= 0.3 is 0 Å². The van der Waals surface area contributed by atoms with E-state index < -0.39 is 9.73 Å². The summed E-state index contributed by atoms with van der Waals surface area (Å²) in [4.78, 5) is 2.18. The Morgan fingerprint density at radius 3 is 2.64 bits per heavy atom. The van der Waals surface area contributed by atoms with Crippen molar-refractivity contribution in [2.24, 2.45) is 0 Å². The fourth-order valence-corrected chi connectivity index (χ4v) is 2.40. The van der Waals surface area contributed by atoms with E-state index in [2.05, 4.69) is 17.5 Å². The number of hydrogen-bond acceptors (Lipinski definition) is 4. The smallest absolute Gasteiger partial charge is 0.0679 e. The van der Waals surface area contributed by atoms with E-state index in [-0.39, 0.29) is 5.25 Å². The van der Waals surface area contributed by atoms with Gasteiger partial charge in [-0.3, -0.25) is 9.68 Å². The van der Waals surface area contributed by atoms with Gasteiger partial charge in [0.2, 0.25) is 0 Å². The molecule has 1 saturated heterocycles. The Morgan fingerprint density at radius 1 is 1.73 bits per heavy atom. The Balaban J connectivity index is 2.30. The zero-order valence-corrected chi connectivity index (χ0v) is 8.33. The van der Waals surface area contributed by atoms with Gasteiger partial charge in [-0.25, -0.2) is 4.21 Å². The first kappa shape index (κ1) is 9.35. The maximum Gasteiger partial charge on any atom is 0.0679 e. The van der Waals surface area contributed by atoms with Crippen LogP contribution in [0.2, 0.25) is 0 Å². The summed E-state index contributed by atoms with van der Waals surface area (Å²) in [5.74, 6) is 0.843. The second-order valence-electron chi connectivity index (χ2n) is 3.01. The second-order valence-corrected chi connectivity index (χ2v) is 5.93. The number of rotatable bonds is 3. The Bertz CT molecular complexity index is 219. The van der Waals surface area contributed by atoms with Crippen LogP contribution in [-0.4, -0.2) is 46.0 Å². The van der Waals surface area contributed by atoms with Crippen molar-refractivity contribution >= 4 is 22.4 Å². The molecule has 0 aromatic carbocycles. The highest BCUT2D eigenvalue weighted by molar-refractivity contribution is 7.92. The van der Waals surface area contributed by atoms with Crippen molar-refractivity contribution < 1.29 is 4.21 Å². The molecule has 1 heterocycles. The standard InChI is InChI=1S/C6H14N2OS2/c1-11(7,9)6-4-8(5-6)2-3-10/h6-7,10H,2-5H2,1H3. The SMILES string of the molecule is CS(=N)(=O)C1CN(CCS)C1. The van der Waals surface area contributed by atoms with Gasteiger partial charge in [-0.2, -0.15) is 12.6 Å². The van der Waals surface area contributed by atoms with Crippen molar-refractivity contribution in [3.05, 3.63) is 0 Å². The average molecular weight is 194 g/mol. The van der Waals surface area contributed by atoms with Crippen LogP contribution in [0, 0.1) is 4.78 Å². The maximum absolute atomic E-state index is 11.1. The third-order valence-electron chi connectivity index (χ3n) is 1.98. The van der Waals surface area contributed by atoms with Crippen molar-refractivity contribution in [3.8, 4) is 0 Å². The molecule has 0 aromatic heterocycles. The fraction of sp³-hybridized carbons (Fsp3) is 1.00. The Labute approximate surface area is 73.5 Å². The summed E-state index contributed by atoms with van der Waals surface area (Å²) in [7, 11) is -2.28. The van der Waals surface area contributed by atoms with Crippen molar-refractivity contribution in [2.75, 3.05) is 31.6 Å². The molecule has 0 spiro atoms. The van der Waals surface area contributed by atoms with Crippen molar-refractivity contribution in [2.45, 2.75) is 5.25 Å². The van der Waals surface area contributed by atoms with Crippen molar-refractivity contribution in [1.29, 1.82) is 4.78 Å². The summed E-state index contributed by atoms with van der Waals surface area (Å²) in [6.07, 6.45) is 1.52. The summed E-state index contributed by atoms with van der Waals surface area (Å²) in [5.41, 5.74) is 0. The van der Waals surface area contributed by atoms with Crippen LogP contribution in [0.15, 0.2) is 0 Å². The summed E-state index contributed by atoms with van der Waals surface area (Å²) < 4.78 is 18.4. The van der Waals surface area contributed by atoms with Gasteiger partial charge in [-0.05, 0) is 0 Å². The van der Waals surface area contributed by atoms with Crippen LogP contribution in [0.3, 0.4) is 0 Å². The van der Waals surface area contributed by atoms with E-state index >= 15 is 0 Å². The van der Waals surface area contributed by atoms with E-state index in [1.807, 2.05) is 0 Å². The molecule has 1 rings (SSSR count). The van der Waals surface area contributed by atoms with Gasteiger partial charge in [0.05, 0.1) is 5.25 Å². The minimum atomic E-state index is -2.28. The molecule has 11 heavy (non-hydrogen) atoms. The first-order valence-corrected chi connectivity index (χ1v) is 6.26. The molecule has 1 fully saturated rings. The van der Waals surface area contributed by atoms with Crippen LogP contribution in [0.1, 0.15) is 0 Å². The van der Waals surface area contributed by atoms with Crippen LogP contribution < -0.4 is 0 Å².